The summed E-state index contributed by atoms with van der Waals surface area (Å²) in [4.78, 5) is 20.7. The summed E-state index contributed by atoms with van der Waals surface area (Å²) in [6.45, 7) is 17.0. The normalized spacial score (nSPS) is 17.2. The Labute approximate surface area is 363 Å². The Morgan fingerprint density at radius 2 is 1.25 bits per heavy atom. The molecule has 2 aliphatic carbocycles. The molecule has 0 saturated carbocycles. The molecule has 0 N–H and O–H groups in total. The number of aryl methyl sites for hydroxylation is 4. The monoisotopic (exact) mass is 872 g/mol. The number of fused-ring (bicyclic) bond motifs is 4. The van der Waals surface area contributed by atoms with Gasteiger partial charge in [-0.05, 0) is 153 Å². The Bertz CT molecular complexity index is 2540. The SMILES string of the molecule is C=C=N[Si](C)(C)C.N#CN=C1CC2(CCc3ccccc3CC2)Oc2ccc(Br)cc21.[C-]#[N+]c1cccc(-c2ccc3c(c2)C(=O)CC2(CCc4ccccc4CC2)O3)c1. The molecule has 2 aliphatic heterocycles. The van der Waals surface area contributed by atoms with E-state index in [1.807, 2.05) is 60.8 Å². The van der Waals surface area contributed by atoms with Crippen LogP contribution < -0.4 is 9.47 Å². The Balaban J connectivity index is 0.000000159. The topological polar surface area (TPSA) is 88.4 Å². The van der Waals surface area contributed by atoms with Crippen LogP contribution >= 0.6 is 15.9 Å². The molecular formula is C51H49BrN4O3Si. The van der Waals surface area contributed by atoms with E-state index in [9.17, 15) is 4.79 Å². The predicted octanol–water partition coefficient (Wildman–Crippen LogP) is 12.7. The van der Waals surface area contributed by atoms with Gasteiger partial charge in [0.15, 0.2) is 19.7 Å². The second-order valence-corrected chi connectivity index (χ2v) is 22.5. The maximum absolute atomic E-state index is 13.1. The van der Waals surface area contributed by atoms with Crippen molar-refractivity contribution in [3.63, 3.8) is 0 Å². The molecule has 0 amide bonds. The van der Waals surface area contributed by atoms with E-state index in [2.05, 4.69) is 111 Å². The van der Waals surface area contributed by atoms with E-state index in [-0.39, 0.29) is 11.4 Å². The Hall–Kier alpha value is -5.83. The van der Waals surface area contributed by atoms with E-state index in [0.717, 1.165) is 84.0 Å². The van der Waals surface area contributed by atoms with Crippen molar-refractivity contribution in [2.45, 2.75) is 95.1 Å². The summed E-state index contributed by atoms with van der Waals surface area (Å²) in [7, 11) is -1.21. The van der Waals surface area contributed by atoms with Crippen LogP contribution in [0.15, 0.2) is 130 Å². The first-order valence-electron chi connectivity index (χ1n) is 20.6. The van der Waals surface area contributed by atoms with Gasteiger partial charge in [-0.15, -0.1) is 0 Å². The lowest BCUT2D eigenvalue weighted by atomic mass is 9.83. The first-order valence-corrected chi connectivity index (χ1v) is 24.8. The fourth-order valence-electron chi connectivity index (χ4n) is 8.66. The van der Waals surface area contributed by atoms with Gasteiger partial charge in [-0.2, -0.15) is 10.3 Å². The van der Waals surface area contributed by atoms with E-state index < -0.39 is 13.8 Å². The molecule has 9 rings (SSSR count). The Morgan fingerprint density at radius 1 is 0.717 bits per heavy atom. The average Bonchev–Trinajstić information content (AvgIpc) is 3.53. The number of nitrogens with zero attached hydrogens (tertiary/aromatic N) is 4. The number of hydrogen-bond donors (Lipinski definition) is 0. The van der Waals surface area contributed by atoms with E-state index in [0.29, 0.717) is 29.8 Å². The highest BCUT2D eigenvalue weighted by atomic mass is 79.9. The zero-order valence-corrected chi connectivity index (χ0v) is 37.1. The number of Topliss-reactive ketones (excluding diaryl/α,β-unsaturated/α-hetero) is 1. The van der Waals surface area contributed by atoms with Crippen molar-refractivity contribution >= 4 is 47.2 Å². The van der Waals surface area contributed by atoms with Crippen molar-refractivity contribution in [2.24, 2.45) is 9.65 Å². The Morgan fingerprint density at radius 3 is 1.77 bits per heavy atom. The van der Waals surface area contributed by atoms with Gasteiger partial charge < -0.3 is 9.47 Å². The van der Waals surface area contributed by atoms with Crippen molar-refractivity contribution in [1.29, 1.82) is 5.26 Å². The lowest BCUT2D eigenvalue weighted by molar-refractivity contribution is 0.0303. The number of nitriles is 1. The number of ether oxygens (including phenoxy) is 2. The lowest BCUT2D eigenvalue weighted by Crippen LogP contribution is -2.42. The molecular weight excluding hydrogens is 825 g/mol. The fraction of sp³-hybridized carbons (Fsp3) is 0.294. The summed E-state index contributed by atoms with van der Waals surface area (Å²) in [5.41, 5.74) is 9.81. The molecule has 5 aromatic carbocycles. The minimum absolute atomic E-state index is 0.153. The van der Waals surface area contributed by atoms with Gasteiger partial charge in [0.05, 0.1) is 24.3 Å². The summed E-state index contributed by atoms with van der Waals surface area (Å²) in [6, 6.07) is 36.4. The number of benzene rings is 5. The zero-order valence-electron chi connectivity index (χ0n) is 34.6. The molecule has 60 heavy (non-hydrogen) atoms. The van der Waals surface area contributed by atoms with Gasteiger partial charge in [0.25, 0.3) is 0 Å². The molecule has 0 aromatic heterocycles. The van der Waals surface area contributed by atoms with Crippen LogP contribution in [0.3, 0.4) is 0 Å². The Kier molecular flexibility index (Phi) is 12.8. The highest BCUT2D eigenvalue weighted by molar-refractivity contribution is 9.10. The first-order chi connectivity index (χ1) is 28.9. The summed E-state index contributed by atoms with van der Waals surface area (Å²) < 4.78 is 18.0. The van der Waals surface area contributed by atoms with Crippen molar-refractivity contribution in [3.05, 3.63) is 165 Å². The van der Waals surface area contributed by atoms with Crippen LogP contribution in [0.1, 0.15) is 76.7 Å². The quantitative estimate of drug-likeness (QED) is 0.0765. The molecule has 7 nitrogen and oxygen atoms in total. The molecule has 2 heterocycles. The zero-order chi connectivity index (χ0) is 42.3. The number of carbonyl (C=O) groups excluding carboxylic acids is 1. The maximum Gasteiger partial charge on any atom is 0.205 e. The van der Waals surface area contributed by atoms with E-state index >= 15 is 0 Å². The van der Waals surface area contributed by atoms with Crippen LogP contribution in [0.4, 0.5) is 5.69 Å². The molecule has 9 heteroatoms. The molecule has 0 fully saturated rings. The number of carbonyl (C=O) groups is 1. The third kappa shape index (κ3) is 9.95. The molecule has 0 radical (unpaired) electrons. The largest absolute Gasteiger partial charge is 0.486 e. The van der Waals surface area contributed by atoms with Crippen molar-refractivity contribution in [1.82, 2.24) is 0 Å². The van der Waals surface area contributed by atoms with Crippen molar-refractivity contribution < 1.29 is 14.3 Å². The highest BCUT2D eigenvalue weighted by Crippen LogP contribution is 2.44. The van der Waals surface area contributed by atoms with Crippen LogP contribution in [0.5, 0.6) is 11.5 Å². The number of rotatable bonds is 2. The van der Waals surface area contributed by atoms with Gasteiger partial charge in [-0.1, -0.05) is 88.7 Å². The summed E-state index contributed by atoms with van der Waals surface area (Å²) in [5.74, 6) is 4.23. The van der Waals surface area contributed by atoms with E-state index in [1.165, 1.54) is 22.3 Å². The van der Waals surface area contributed by atoms with E-state index in [4.69, 9.17) is 21.3 Å². The molecule has 0 atom stereocenters. The number of aliphatic imine (C=N–C) groups is 1. The van der Waals surface area contributed by atoms with Crippen molar-refractivity contribution in [2.75, 3.05) is 0 Å². The van der Waals surface area contributed by atoms with Gasteiger partial charge in [0.2, 0.25) is 6.19 Å². The van der Waals surface area contributed by atoms with Gasteiger partial charge in [0.1, 0.15) is 22.7 Å². The van der Waals surface area contributed by atoms with Crippen LogP contribution in [-0.4, -0.2) is 36.8 Å². The minimum atomic E-state index is -1.21. The smallest absolute Gasteiger partial charge is 0.205 e. The third-order valence-electron chi connectivity index (χ3n) is 11.7. The minimum Gasteiger partial charge on any atom is -0.486 e. The summed E-state index contributed by atoms with van der Waals surface area (Å²) in [6.07, 6.45) is 10.6. The second kappa shape index (κ2) is 18.2. The lowest BCUT2D eigenvalue weighted by Gasteiger charge is -2.38. The molecule has 0 saturated heterocycles. The maximum atomic E-state index is 13.1. The van der Waals surface area contributed by atoms with Crippen molar-refractivity contribution in [3.8, 4) is 28.8 Å². The molecule has 2 spiro atoms. The number of ketones is 1. The van der Waals surface area contributed by atoms with Crippen LogP contribution in [-0.2, 0) is 25.7 Å². The predicted molar refractivity (Wildman–Crippen MR) is 247 cm³/mol. The number of halogens is 1. The van der Waals surface area contributed by atoms with Gasteiger partial charge in [-0.3, -0.25) is 9.45 Å². The van der Waals surface area contributed by atoms with Crippen LogP contribution in [0, 0.1) is 18.0 Å². The number of hydrogen-bond acceptors (Lipinski definition) is 6. The molecule has 0 unspecified atom stereocenters. The van der Waals surface area contributed by atoms with Crippen LogP contribution in [0.2, 0.25) is 19.6 Å². The average molecular weight is 874 g/mol. The van der Waals surface area contributed by atoms with Crippen LogP contribution in [0.25, 0.3) is 16.0 Å². The highest BCUT2D eigenvalue weighted by Gasteiger charge is 2.42. The van der Waals surface area contributed by atoms with Gasteiger partial charge in [-0.25, -0.2) is 4.85 Å². The summed E-state index contributed by atoms with van der Waals surface area (Å²) in [5, 5.41) is 9.11. The van der Waals surface area contributed by atoms with E-state index in [1.54, 1.807) is 6.07 Å². The molecule has 302 valence electrons. The van der Waals surface area contributed by atoms with Gasteiger partial charge in [0, 0.05) is 16.5 Å². The molecule has 0 bridgehead atoms. The molecule has 5 aromatic rings. The third-order valence-corrected chi connectivity index (χ3v) is 13.0. The standard InChI is InChI=1S/C26H21NO2.C20H17BrN2O.C5H11NSi/c1-27-22-8-4-7-20(15-22)21-9-10-25-23(16-21)24(28)17-26(29-25)13-11-18-5-2-3-6-19(18)12-14-26;21-16-5-6-19-17(11-16)18(23-13-22)12-20(24-19)9-7-14-3-1-2-4-15(14)8-10-20;1-5-6-7(2,3)4/h2-10,15-16H,11-14,17H2;1-6,11H,7-10,12H2;1H2,2-4H3. The fourth-order valence-corrected chi connectivity index (χ4v) is 9.50. The first kappa shape index (κ1) is 42.3. The second-order valence-electron chi connectivity index (χ2n) is 17.0. The molecule has 4 aliphatic rings. The summed E-state index contributed by atoms with van der Waals surface area (Å²) >= 11 is 3.50. The van der Waals surface area contributed by atoms with Gasteiger partial charge >= 0.3 is 0 Å².